The van der Waals surface area contributed by atoms with Gasteiger partial charge in [0.2, 0.25) is 0 Å². The summed E-state index contributed by atoms with van der Waals surface area (Å²) in [5.74, 6) is -0.950. The number of ether oxygens (including phenoxy) is 3. The van der Waals surface area contributed by atoms with Crippen molar-refractivity contribution in [2.24, 2.45) is 0 Å². The molecule has 0 saturated carbocycles. The summed E-state index contributed by atoms with van der Waals surface area (Å²) in [6, 6.07) is 0. The quantitative estimate of drug-likeness (QED) is 0.0261. The molecule has 0 amide bonds. The van der Waals surface area contributed by atoms with E-state index in [9.17, 15) is 14.4 Å². The average Bonchev–Trinajstić information content (AvgIpc) is 3.44. The Morgan fingerprint density at radius 3 is 0.782 bits per heavy atom. The van der Waals surface area contributed by atoms with Gasteiger partial charge in [0, 0.05) is 19.3 Å². The minimum Gasteiger partial charge on any atom is -0.462 e. The molecule has 6 nitrogen and oxygen atoms in total. The molecular formula is C72H132O6. The number of allylic oxidation sites excluding steroid dienone is 8. The summed E-state index contributed by atoms with van der Waals surface area (Å²) in [5, 5.41) is 0. The second-order valence-electron chi connectivity index (χ2n) is 23.4. The van der Waals surface area contributed by atoms with Gasteiger partial charge in [0.05, 0.1) is 0 Å². The van der Waals surface area contributed by atoms with E-state index < -0.39 is 6.10 Å². The van der Waals surface area contributed by atoms with Crippen molar-refractivity contribution in [3.8, 4) is 0 Å². The van der Waals surface area contributed by atoms with Crippen LogP contribution < -0.4 is 0 Å². The van der Waals surface area contributed by atoms with E-state index in [0.717, 1.165) is 64.2 Å². The molecule has 1 atom stereocenters. The number of esters is 3. The molecule has 0 aliphatic carbocycles. The topological polar surface area (TPSA) is 78.9 Å². The number of unbranched alkanes of at least 4 members (excludes halogenated alkanes) is 45. The first-order valence-corrected chi connectivity index (χ1v) is 34.6. The van der Waals surface area contributed by atoms with Crippen molar-refractivity contribution < 1.29 is 28.6 Å². The second-order valence-corrected chi connectivity index (χ2v) is 23.4. The first kappa shape index (κ1) is 75.4. The third-order valence-corrected chi connectivity index (χ3v) is 15.6. The van der Waals surface area contributed by atoms with Gasteiger partial charge in [-0.15, -0.1) is 0 Å². The Balaban J connectivity index is 4.19. The molecule has 0 heterocycles. The van der Waals surface area contributed by atoms with Crippen molar-refractivity contribution in [1.82, 2.24) is 0 Å². The van der Waals surface area contributed by atoms with Gasteiger partial charge in [-0.1, -0.05) is 358 Å². The predicted molar refractivity (Wildman–Crippen MR) is 339 cm³/mol. The van der Waals surface area contributed by atoms with E-state index in [0.29, 0.717) is 19.3 Å². The zero-order valence-electron chi connectivity index (χ0n) is 52.5. The van der Waals surface area contributed by atoms with Crippen LogP contribution in [0, 0.1) is 0 Å². The van der Waals surface area contributed by atoms with Crippen LogP contribution in [0.15, 0.2) is 48.6 Å². The zero-order valence-corrected chi connectivity index (χ0v) is 52.5. The van der Waals surface area contributed by atoms with Crippen LogP contribution in [-0.2, 0) is 28.6 Å². The molecule has 0 saturated heterocycles. The van der Waals surface area contributed by atoms with Gasteiger partial charge < -0.3 is 14.2 Å². The Bertz CT molecular complexity index is 1350. The van der Waals surface area contributed by atoms with Gasteiger partial charge in [0.1, 0.15) is 13.2 Å². The van der Waals surface area contributed by atoms with E-state index in [-0.39, 0.29) is 37.5 Å². The van der Waals surface area contributed by atoms with Crippen LogP contribution in [0.5, 0.6) is 0 Å². The Hall–Kier alpha value is -2.63. The van der Waals surface area contributed by atoms with Crippen LogP contribution in [0.4, 0.5) is 0 Å². The van der Waals surface area contributed by atoms with Crippen molar-refractivity contribution in [2.45, 2.75) is 380 Å². The molecule has 0 fully saturated rings. The Labute approximate surface area is 486 Å². The fourth-order valence-corrected chi connectivity index (χ4v) is 10.5. The summed E-state index contributed by atoms with van der Waals surface area (Å²) in [6.45, 7) is 6.53. The smallest absolute Gasteiger partial charge is 0.306 e. The first-order chi connectivity index (χ1) is 38.5. The lowest BCUT2D eigenvalue weighted by Gasteiger charge is -2.18. The van der Waals surface area contributed by atoms with Gasteiger partial charge in [-0.3, -0.25) is 14.4 Å². The van der Waals surface area contributed by atoms with Gasteiger partial charge >= 0.3 is 17.9 Å². The van der Waals surface area contributed by atoms with Gasteiger partial charge in [-0.2, -0.15) is 0 Å². The zero-order chi connectivity index (χ0) is 56.4. The molecule has 0 spiro atoms. The highest BCUT2D eigenvalue weighted by Crippen LogP contribution is 2.19. The molecule has 1 unspecified atom stereocenters. The monoisotopic (exact) mass is 1090 g/mol. The fourth-order valence-electron chi connectivity index (χ4n) is 10.5. The maximum atomic E-state index is 12.9. The van der Waals surface area contributed by atoms with Crippen LogP contribution in [-0.4, -0.2) is 37.2 Å². The molecule has 0 aromatic carbocycles. The summed E-state index contributed by atoms with van der Waals surface area (Å²) in [7, 11) is 0. The molecule has 0 radical (unpaired) electrons. The summed E-state index contributed by atoms with van der Waals surface area (Å²) in [6.07, 6.45) is 84.6. The summed E-state index contributed by atoms with van der Waals surface area (Å²) in [5.41, 5.74) is 0. The van der Waals surface area contributed by atoms with Crippen molar-refractivity contribution in [3.63, 3.8) is 0 Å². The first-order valence-electron chi connectivity index (χ1n) is 34.6. The van der Waals surface area contributed by atoms with E-state index in [4.69, 9.17) is 14.2 Å². The molecule has 0 aliphatic heterocycles. The number of rotatable bonds is 64. The molecule has 0 aliphatic rings. The van der Waals surface area contributed by atoms with Crippen molar-refractivity contribution in [1.29, 1.82) is 0 Å². The van der Waals surface area contributed by atoms with Crippen LogP contribution in [0.3, 0.4) is 0 Å². The molecule has 0 aromatic rings. The lowest BCUT2D eigenvalue weighted by Crippen LogP contribution is -2.30. The minimum absolute atomic E-state index is 0.0899. The average molecular weight is 1090 g/mol. The highest BCUT2D eigenvalue weighted by Gasteiger charge is 2.19. The molecule has 0 bridgehead atoms. The summed E-state index contributed by atoms with van der Waals surface area (Å²) >= 11 is 0. The predicted octanol–water partition coefficient (Wildman–Crippen LogP) is 23.7. The molecular weight excluding hydrogens is 961 g/mol. The van der Waals surface area contributed by atoms with Crippen molar-refractivity contribution in [2.75, 3.05) is 13.2 Å². The third-order valence-electron chi connectivity index (χ3n) is 15.6. The largest absolute Gasteiger partial charge is 0.462 e. The van der Waals surface area contributed by atoms with Crippen molar-refractivity contribution >= 4 is 17.9 Å². The van der Waals surface area contributed by atoms with E-state index in [1.165, 1.54) is 263 Å². The Kier molecular flexibility index (Phi) is 64.6. The van der Waals surface area contributed by atoms with E-state index in [2.05, 4.69) is 63.3 Å². The van der Waals surface area contributed by atoms with Crippen LogP contribution in [0.1, 0.15) is 374 Å². The van der Waals surface area contributed by atoms with E-state index >= 15 is 0 Å². The van der Waals surface area contributed by atoms with Gasteiger partial charge in [0.25, 0.3) is 0 Å². The lowest BCUT2D eigenvalue weighted by atomic mass is 10.0. The number of hydrogen-bond donors (Lipinski definition) is 0. The minimum atomic E-state index is -0.799. The summed E-state index contributed by atoms with van der Waals surface area (Å²) < 4.78 is 16.9. The maximum Gasteiger partial charge on any atom is 0.306 e. The molecule has 456 valence electrons. The molecule has 78 heavy (non-hydrogen) atoms. The maximum absolute atomic E-state index is 12.9. The lowest BCUT2D eigenvalue weighted by molar-refractivity contribution is -0.166. The normalized spacial score (nSPS) is 12.3. The van der Waals surface area contributed by atoms with Crippen LogP contribution >= 0.6 is 0 Å². The molecule has 6 heteroatoms. The molecule has 0 aromatic heterocycles. The van der Waals surface area contributed by atoms with Gasteiger partial charge in [-0.25, -0.2) is 0 Å². The second kappa shape index (κ2) is 66.9. The van der Waals surface area contributed by atoms with Gasteiger partial charge in [0.15, 0.2) is 6.10 Å². The summed E-state index contributed by atoms with van der Waals surface area (Å²) in [4.78, 5) is 38.3. The SMILES string of the molecule is CC/C=C\C/C=C\C/C=C\C/C=C\CCC(=O)OCC(COC(=O)CCCCCCCCCCCCCCCCCCCCCCCCCCCCCCC)OC(=O)CCCCCCCCCCCCCCCCCCCC. The van der Waals surface area contributed by atoms with Crippen molar-refractivity contribution in [3.05, 3.63) is 48.6 Å². The van der Waals surface area contributed by atoms with Crippen LogP contribution in [0.2, 0.25) is 0 Å². The van der Waals surface area contributed by atoms with E-state index in [1.54, 1.807) is 0 Å². The highest BCUT2D eigenvalue weighted by molar-refractivity contribution is 5.71. The van der Waals surface area contributed by atoms with Crippen LogP contribution in [0.25, 0.3) is 0 Å². The van der Waals surface area contributed by atoms with E-state index in [1.807, 2.05) is 6.08 Å². The molecule has 0 N–H and O–H groups in total. The van der Waals surface area contributed by atoms with Gasteiger partial charge in [-0.05, 0) is 44.9 Å². The number of carbonyl (C=O) groups is 3. The third kappa shape index (κ3) is 64.2. The number of carbonyl (C=O) groups excluding carboxylic acids is 3. The molecule has 0 rings (SSSR count). The standard InChI is InChI=1S/C72H132O6/c1-4-7-10-13-16-19-22-25-27-29-31-32-33-34-35-36-37-38-39-40-41-43-44-47-50-53-56-59-62-65-71(74)77-68-69(67-76-70(73)64-61-58-55-52-49-46-24-21-18-15-12-9-6-3)78-72(75)66-63-60-57-54-51-48-45-42-30-28-26-23-20-17-14-11-8-5-2/h9,12,18,21,46,49,55,58,69H,4-8,10-11,13-17,19-20,22-45,47-48,50-54,56-57,59-68H2,1-3H3/b12-9-,21-18-,49-46-,58-55-. The fraction of sp³-hybridized carbons (Fsp3) is 0.847. The Morgan fingerprint density at radius 1 is 0.269 bits per heavy atom. The highest BCUT2D eigenvalue weighted by atomic mass is 16.6. The number of hydrogen-bond acceptors (Lipinski definition) is 6. The Morgan fingerprint density at radius 2 is 0.500 bits per heavy atom.